The van der Waals surface area contributed by atoms with Gasteiger partial charge in [0, 0.05) is 6.20 Å². The molecule has 1 aromatic heterocycles. The van der Waals surface area contributed by atoms with Gasteiger partial charge in [0.15, 0.2) is 0 Å². The molecular formula is C15H23N3OS. The van der Waals surface area contributed by atoms with Gasteiger partial charge < -0.3 is 5.32 Å². The molecule has 1 N–H and O–H groups in total. The van der Waals surface area contributed by atoms with Crippen molar-refractivity contribution in [1.29, 1.82) is 0 Å². The minimum Gasteiger partial charge on any atom is -0.342 e. The van der Waals surface area contributed by atoms with Crippen molar-refractivity contribution in [2.75, 3.05) is 19.8 Å². The number of nitrogens with one attached hydrogen (secondary N) is 1. The number of likely N-dealkylation sites (tertiary alicyclic amines) is 1. The average Bonchev–Trinajstić information content (AvgIpc) is 2.96. The molecule has 20 heavy (non-hydrogen) atoms. The van der Waals surface area contributed by atoms with Crippen LogP contribution in [0.5, 0.6) is 0 Å². The smallest absolute Gasteiger partial charge is 0.234 e. The molecule has 1 amide bonds. The first kappa shape index (κ1) is 15.3. The van der Waals surface area contributed by atoms with Crippen LogP contribution in [-0.4, -0.2) is 40.8 Å². The lowest BCUT2D eigenvalue weighted by molar-refractivity contribution is -0.121. The Hall–Kier alpha value is -1.07. The van der Waals surface area contributed by atoms with Crippen LogP contribution >= 0.6 is 11.8 Å². The molecule has 2 rings (SSSR count). The van der Waals surface area contributed by atoms with E-state index in [0.29, 0.717) is 6.67 Å². The number of nitrogens with zero attached hydrogens (tertiary/aromatic N) is 2. The molecule has 1 aliphatic heterocycles. The third kappa shape index (κ3) is 4.49. The minimum absolute atomic E-state index is 0.0903. The number of hydrogen-bond acceptors (Lipinski definition) is 4. The molecule has 1 saturated heterocycles. The summed E-state index contributed by atoms with van der Waals surface area (Å²) < 4.78 is 0. The summed E-state index contributed by atoms with van der Waals surface area (Å²) in [5, 5.41) is 3.88. The average molecular weight is 293 g/mol. The van der Waals surface area contributed by atoms with E-state index in [1.807, 2.05) is 18.2 Å². The van der Waals surface area contributed by atoms with Crippen LogP contribution in [0.4, 0.5) is 0 Å². The lowest BCUT2D eigenvalue weighted by Gasteiger charge is -2.22. The topological polar surface area (TPSA) is 45.2 Å². The van der Waals surface area contributed by atoms with Crippen LogP contribution < -0.4 is 5.32 Å². The first-order valence-electron chi connectivity index (χ1n) is 7.24. The summed E-state index contributed by atoms with van der Waals surface area (Å²) in [5.41, 5.74) is 0. The van der Waals surface area contributed by atoms with Crippen molar-refractivity contribution in [3.8, 4) is 0 Å². The lowest BCUT2D eigenvalue weighted by Crippen LogP contribution is -2.41. The Morgan fingerprint density at radius 2 is 2.15 bits per heavy atom. The largest absolute Gasteiger partial charge is 0.342 e. The summed E-state index contributed by atoms with van der Waals surface area (Å²) in [4.78, 5) is 18.9. The predicted octanol–water partition coefficient (Wildman–Crippen LogP) is 2.37. The van der Waals surface area contributed by atoms with Gasteiger partial charge in [-0.1, -0.05) is 31.7 Å². The van der Waals surface area contributed by atoms with Gasteiger partial charge in [0.25, 0.3) is 0 Å². The Morgan fingerprint density at radius 3 is 2.75 bits per heavy atom. The molecule has 110 valence electrons. The van der Waals surface area contributed by atoms with Gasteiger partial charge in [-0.15, -0.1) is 0 Å². The maximum Gasteiger partial charge on any atom is 0.234 e. The predicted molar refractivity (Wildman–Crippen MR) is 82.5 cm³/mol. The second kappa shape index (κ2) is 7.64. The van der Waals surface area contributed by atoms with E-state index in [-0.39, 0.29) is 17.1 Å². The van der Waals surface area contributed by atoms with Gasteiger partial charge in [-0.25, -0.2) is 4.98 Å². The van der Waals surface area contributed by atoms with Crippen molar-refractivity contribution in [3.05, 3.63) is 24.4 Å². The van der Waals surface area contributed by atoms with E-state index < -0.39 is 0 Å². The van der Waals surface area contributed by atoms with E-state index in [0.717, 1.165) is 18.1 Å². The van der Waals surface area contributed by atoms with Crippen molar-refractivity contribution in [2.45, 2.75) is 37.0 Å². The highest BCUT2D eigenvalue weighted by Crippen LogP contribution is 2.26. The quantitative estimate of drug-likeness (QED) is 0.818. The van der Waals surface area contributed by atoms with E-state index in [4.69, 9.17) is 0 Å². The van der Waals surface area contributed by atoms with Crippen LogP contribution in [-0.2, 0) is 4.79 Å². The van der Waals surface area contributed by atoms with E-state index in [9.17, 15) is 4.79 Å². The molecule has 0 bridgehead atoms. The summed E-state index contributed by atoms with van der Waals surface area (Å²) in [5.74, 6) is 0.392. The van der Waals surface area contributed by atoms with E-state index >= 15 is 0 Å². The fourth-order valence-electron chi connectivity index (χ4n) is 2.27. The SMILES string of the molecule is CC(C)C(Sc1ccccn1)C(=O)NCN1CCCC1. The van der Waals surface area contributed by atoms with Crippen molar-refractivity contribution in [3.63, 3.8) is 0 Å². The highest BCUT2D eigenvalue weighted by Gasteiger charge is 2.24. The van der Waals surface area contributed by atoms with Crippen LogP contribution in [0, 0.1) is 5.92 Å². The van der Waals surface area contributed by atoms with Crippen LogP contribution in [0.15, 0.2) is 29.4 Å². The fourth-order valence-corrected chi connectivity index (χ4v) is 3.27. The van der Waals surface area contributed by atoms with Gasteiger partial charge >= 0.3 is 0 Å². The van der Waals surface area contributed by atoms with Gasteiger partial charge in [-0.05, 0) is 44.0 Å². The Bertz CT molecular complexity index is 418. The van der Waals surface area contributed by atoms with E-state index in [1.165, 1.54) is 12.8 Å². The molecular weight excluding hydrogens is 270 g/mol. The summed E-state index contributed by atoms with van der Waals surface area (Å²) in [7, 11) is 0. The molecule has 0 aliphatic carbocycles. The molecule has 0 aromatic carbocycles. The summed E-state index contributed by atoms with van der Waals surface area (Å²) >= 11 is 1.55. The molecule has 0 radical (unpaired) electrons. The summed E-state index contributed by atoms with van der Waals surface area (Å²) in [6, 6.07) is 5.80. The molecule has 0 saturated carbocycles. The summed E-state index contributed by atoms with van der Waals surface area (Å²) in [6.07, 6.45) is 4.25. The van der Waals surface area contributed by atoms with Gasteiger partial charge in [0.1, 0.15) is 0 Å². The molecule has 1 unspecified atom stereocenters. The highest BCUT2D eigenvalue weighted by atomic mass is 32.2. The number of carbonyl (C=O) groups is 1. The molecule has 2 heterocycles. The molecule has 1 aromatic rings. The zero-order chi connectivity index (χ0) is 14.4. The van der Waals surface area contributed by atoms with Crippen LogP contribution in [0.3, 0.4) is 0 Å². The minimum atomic E-state index is -0.0903. The first-order valence-corrected chi connectivity index (χ1v) is 8.12. The number of aromatic nitrogens is 1. The number of amides is 1. The van der Waals surface area contributed by atoms with Gasteiger partial charge in [0.2, 0.25) is 5.91 Å². The van der Waals surface area contributed by atoms with Crippen LogP contribution in [0.2, 0.25) is 0 Å². The molecule has 1 fully saturated rings. The third-order valence-electron chi connectivity index (χ3n) is 3.42. The van der Waals surface area contributed by atoms with Crippen LogP contribution in [0.1, 0.15) is 26.7 Å². The molecule has 4 nitrogen and oxygen atoms in total. The fraction of sp³-hybridized carbons (Fsp3) is 0.600. The van der Waals surface area contributed by atoms with Crippen molar-refractivity contribution in [1.82, 2.24) is 15.2 Å². The zero-order valence-corrected chi connectivity index (χ0v) is 13.0. The number of carbonyl (C=O) groups excluding carboxylic acids is 1. The van der Waals surface area contributed by atoms with E-state index in [2.05, 4.69) is 29.0 Å². The first-order chi connectivity index (χ1) is 9.66. The summed E-state index contributed by atoms with van der Waals surface area (Å²) in [6.45, 7) is 7.02. The van der Waals surface area contributed by atoms with E-state index in [1.54, 1.807) is 18.0 Å². The van der Waals surface area contributed by atoms with Gasteiger partial charge in [0.05, 0.1) is 16.9 Å². The Kier molecular flexibility index (Phi) is 5.86. The molecule has 0 spiro atoms. The van der Waals surface area contributed by atoms with Crippen LogP contribution in [0.25, 0.3) is 0 Å². The lowest BCUT2D eigenvalue weighted by atomic mass is 10.1. The van der Waals surface area contributed by atoms with Crippen molar-refractivity contribution < 1.29 is 4.79 Å². The number of thioether (sulfide) groups is 1. The second-order valence-corrected chi connectivity index (χ2v) is 6.64. The Morgan fingerprint density at radius 1 is 1.40 bits per heavy atom. The molecule has 1 aliphatic rings. The Balaban J connectivity index is 1.88. The number of hydrogen-bond donors (Lipinski definition) is 1. The van der Waals surface area contributed by atoms with Crippen molar-refractivity contribution >= 4 is 17.7 Å². The highest BCUT2D eigenvalue weighted by molar-refractivity contribution is 8.00. The second-order valence-electron chi connectivity index (χ2n) is 5.47. The monoisotopic (exact) mass is 293 g/mol. The maximum absolute atomic E-state index is 12.4. The Labute approximate surface area is 125 Å². The number of pyridine rings is 1. The maximum atomic E-state index is 12.4. The number of rotatable bonds is 6. The third-order valence-corrected chi connectivity index (χ3v) is 4.92. The standard InChI is InChI=1S/C15H23N3OS/c1-12(2)14(20-13-7-3-4-8-16-13)15(19)17-11-18-9-5-6-10-18/h3-4,7-8,12,14H,5-6,9-11H2,1-2H3,(H,17,19). The molecule has 5 heteroatoms. The van der Waals surface area contributed by atoms with Gasteiger partial charge in [-0.3, -0.25) is 9.69 Å². The van der Waals surface area contributed by atoms with Gasteiger partial charge in [-0.2, -0.15) is 0 Å². The van der Waals surface area contributed by atoms with Crippen molar-refractivity contribution in [2.24, 2.45) is 5.92 Å². The normalized spacial score (nSPS) is 17.4. The zero-order valence-electron chi connectivity index (χ0n) is 12.2. The molecule has 1 atom stereocenters.